The third-order valence-corrected chi connectivity index (χ3v) is 6.01. The van der Waals surface area contributed by atoms with Crippen LogP contribution in [0.25, 0.3) is 11.1 Å². The Morgan fingerprint density at radius 3 is 2.07 bits per heavy atom. The predicted octanol–water partition coefficient (Wildman–Crippen LogP) is 4.98. The molecule has 146 valence electrons. The second-order valence-electron chi connectivity index (χ2n) is 6.99. The number of hydrogen-bond donors (Lipinski definition) is 0. The van der Waals surface area contributed by atoms with E-state index in [2.05, 4.69) is 5.16 Å². The van der Waals surface area contributed by atoms with Crippen LogP contribution in [0.1, 0.15) is 23.1 Å². The standard InChI is InChI=1S/C24H21NO3S/c1-29(26,27)21-14-12-19(13-15-21)22-16-23(24(22)20-10-6-3-7-11-20)25-28-17-18-8-4-2-5-9-18/h2-15H,16-17H2,1H3/b25-23+. The topological polar surface area (TPSA) is 55.7 Å². The molecule has 0 atom stereocenters. The molecule has 4 rings (SSSR count). The molecule has 0 aromatic heterocycles. The van der Waals surface area contributed by atoms with Gasteiger partial charge in [-0.15, -0.1) is 0 Å². The Hall–Kier alpha value is -3.18. The Balaban J connectivity index is 1.63. The molecular formula is C24H21NO3S. The molecule has 0 saturated heterocycles. The average Bonchev–Trinajstić information content (AvgIpc) is 2.71. The first-order chi connectivity index (χ1) is 14.0. The molecule has 29 heavy (non-hydrogen) atoms. The van der Waals surface area contributed by atoms with Crippen LogP contribution in [0.3, 0.4) is 0 Å². The molecule has 0 aliphatic heterocycles. The summed E-state index contributed by atoms with van der Waals surface area (Å²) in [6.07, 6.45) is 1.89. The van der Waals surface area contributed by atoms with Crippen LogP contribution in [0.15, 0.2) is 95.0 Å². The van der Waals surface area contributed by atoms with Crippen molar-refractivity contribution < 1.29 is 13.3 Å². The minimum atomic E-state index is -3.21. The van der Waals surface area contributed by atoms with E-state index in [-0.39, 0.29) is 0 Å². The zero-order chi connectivity index (χ0) is 20.3. The molecule has 3 aromatic carbocycles. The predicted molar refractivity (Wildman–Crippen MR) is 116 cm³/mol. The van der Waals surface area contributed by atoms with E-state index in [1.165, 1.54) is 6.26 Å². The van der Waals surface area contributed by atoms with Crippen molar-refractivity contribution >= 4 is 26.7 Å². The molecule has 0 heterocycles. The molecular weight excluding hydrogens is 382 g/mol. The highest BCUT2D eigenvalue weighted by Crippen LogP contribution is 2.40. The summed E-state index contributed by atoms with van der Waals surface area (Å²) in [6.45, 7) is 0.421. The van der Waals surface area contributed by atoms with Crippen LogP contribution in [0, 0.1) is 0 Å². The highest BCUT2D eigenvalue weighted by Gasteiger charge is 2.28. The number of rotatable bonds is 6. The molecule has 4 nitrogen and oxygen atoms in total. The van der Waals surface area contributed by atoms with Crippen molar-refractivity contribution in [2.75, 3.05) is 6.26 Å². The Labute approximate surface area is 171 Å². The maximum atomic E-state index is 11.7. The molecule has 0 radical (unpaired) electrons. The summed E-state index contributed by atoms with van der Waals surface area (Å²) in [5.41, 5.74) is 6.22. The second-order valence-corrected chi connectivity index (χ2v) is 9.01. The fraction of sp³-hybridized carbons (Fsp3) is 0.125. The first-order valence-corrected chi connectivity index (χ1v) is 11.2. The molecule has 0 fully saturated rings. The summed E-state index contributed by atoms with van der Waals surface area (Å²) in [6, 6.07) is 27.0. The highest BCUT2D eigenvalue weighted by atomic mass is 32.2. The number of allylic oxidation sites excluding steroid dienone is 2. The molecule has 0 spiro atoms. The van der Waals surface area contributed by atoms with Crippen LogP contribution >= 0.6 is 0 Å². The fourth-order valence-electron chi connectivity index (χ4n) is 3.34. The smallest absolute Gasteiger partial charge is 0.175 e. The summed E-state index contributed by atoms with van der Waals surface area (Å²) in [4.78, 5) is 5.92. The lowest BCUT2D eigenvalue weighted by molar-refractivity contribution is 0.130. The van der Waals surface area contributed by atoms with Gasteiger partial charge in [0.15, 0.2) is 9.84 Å². The van der Waals surface area contributed by atoms with Crippen molar-refractivity contribution in [3.8, 4) is 0 Å². The lowest BCUT2D eigenvalue weighted by Gasteiger charge is -2.26. The largest absolute Gasteiger partial charge is 0.391 e. The third-order valence-electron chi connectivity index (χ3n) is 4.88. The Morgan fingerprint density at radius 2 is 1.45 bits per heavy atom. The van der Waals surface area contributed by atoms with E-state index in [9.17, 15) is 8.42 Å². The van der Waals surface area contributed by atoms with Crippen molar-refractivity contribution in [2.24, 2.45) is 5.16 Å². The fourth-order valence-corrected chi connectivity index (χ4v) is 3.97. The minimum Gasteiger partial charge on any atom is -0.391 e. The molecule has 0 unspecified atom stereocenters. The van der Waals surface area contributed by atoms with Crippen molar-refractivity contribution in [3.63, 3.8) is 0 Å². The zero-order valence-electron chi connectivity index (χ0n) is 16.1. The normalized spacial score (nSPS) is 15.3. The number of sulfone groups is 1. The Kier molecular flexibility index (Phi) is 5.32. The highest BCUT2D eigenvalue weighted by molar-refractivity contribution is 7.90. The van der Waals surface area contributed by atoms with Gasteiger partial charge in [0.05, 0.1) is 10.6 Å². The van der Waals surface area contributed by atoms with Crippen molar-refractivity contribution in [1.82, 2.24) is 0 Å². The van der Waals surface area contributed by atoms with E-state index in [0.29, 0.717) is 17.9 Å². The number of hydrogen-bond acceptors (Lipinski definition) is 4. The van der Waals surface area contributed by atoms with Gasteiger partial charge in [0.2, 0.25) is 0 Å². The Bertz CT molecular complexity index is 1160. The van der Waals surface area contributed by atoms with Crippen molar-refractivity contribution in [1.29, 1.82) is 0 Å². The zero-order valence-corrected chi connectivity index (χ0v) is 16.9. The molecule has 1 aliphatic carbocycles. The molecule has 0 bridgehead atoms. The lowest BCUT2D eigenvalue weighted by atomic mass is 9.78. The maximum absolute atomic E-state index is 11.7. The van der Waals surface area contributed by atoms with Gasteiger partial charge in [-0.2, -0.15) is 0 Å². The molecule has 1 aliphatic rings. The van der Waals surface area contributed by atoms with Gasteiger partial charge < -0.3 is 4.84 Å². The van der Waals surface area contributed by atoms with Crippen molar-refractivity contribution in [2.45, 2.75) is 17.9 Å². The first kappa shape index (κ1) is 19.2. The minimum absolute atomic E-state index is 0.322. The first-order valence-electron chi connectivity index (χ1n) is 9.34. The summed E-state index contributed by atoms with van der Waals surface area (Å²) in [5.74, 6) is 0. The number of oxime groups is 1. The maximum Gasteiger partial charge on any atom is 0.175 e. The summed E-state index contributed by atoms with van der Waals surface area (Å²) in [5, 5.41) is 4.38. The van der Waals surface area contributed by atoms with E-state index < -0.39 is 9.84 Å². The van der Waals surface area contributed by atoms with Gasteiger partial charge >= 0.3 is 0 Å². The van der Waals surface area contributed by atoms with E-state index in [1.807, 2.05) is 72.8 Å². The van der Waals surface area contributed by atoms with E-state index in [4.69, 9.17) is 4.84 Å². The van der Waals surface area contributed by atoms with Gasteiger partial charge in [-0.1, -0.05) is 78.0 Å². The average molecular weight is 404 g/mol. The number of benzene rings is 3. The van der Waals surface area contributed by atoms with Crippen LogP contribution in [-0.2, 0) is 21.3 Å². The van der Waals surface area contributed by atoms with Gasteiger partial charge in [0.25, 0.3) is 0 Å². The van der Waals surface area contributed by atoms with Gasteiger partial charge in [0, 0.05) is 18.2 Å². The number of nitrogens with zero attached hydrogens (tertiary/aromatic N) is 1. The molecule has 0 amide bonds. The SMILES string of the molecule is CS(=O)(=O)c1ccc(C2=C(c3ccccc3)/C(=N/OCc3ccccc3)C2)cc1. The van der Waals surface area contributed by atoms with Crippen LogP contribution in [0.4, 0.5) is 0 Å². The van der Waals surface area contributed by atoms with Gasteiger partial charge in [-0.25, -0.2) is 8.42 Å². The van der Waals surface area contributed by atoms with Crippen molar-refractivity contribution in [3.05, 3.63) is 102 Å². The molecule has 3 aromatic rings. The third kappa shape index (κ3) is 4.30. The molecule has 5 heteroatoms. The van der Waals surface area contributed by atoms with Gasteiger partial charge in [-0.05, 0) is 34.4 Å². The van der Waals surface area contributed by atoms with E-state index in [0.717, 1.165) is 33.5 Å². The summed E-state index contributed by atoms with van der Waals surface area (Å²) >= 11 is 0. The van der Waals surface area contributed by atoms with E-state index in [1.54, 1.807) is 12.1 Å². The van der Waals surface area contributed by atoms with Gasteiger partial charge in [-0.3, -0.25) is 0 Å². The second kappa shape index (κ2) is 8.05. The quantitative estimate of drug-likeness (QED) is 0.546. The summed E-state index contributed by atoms with van der Waals surface area (Å²) in [7, 11) is -3.21. The molecule has 0 saturated carbocycles. The van der Waals surface area contributed by atoms with Crippen LogP contribution < -0.4 is 0 Å². The lowest BCUT2D eigenvalue weighted by Crippen LogP contribution is -2.17. The van der Waals surface area contributed by atoms with Crippen LogP contribution in [-0.4, -0.2) is 20.4 Å². The molecule has 0 N–H and O–H groups in total. The van der Waals surface area contributed by atoms with Crippen LogP contribution in [0.2, 0.25) is 0 Å². The monoisotopic (exact) mass is 403 g/mol. The van der Waals surface area contributed by atoms with Gasteiger partial charge in [0.1, 0.15) is 6.61 Å². The summed E-state index contributed by atoms with van der Waals surface area (Å²) < 4.78 is 23.4. The van der Waals surface area contributed by atoms with E-state index >= 15 is 0 Å². The van der Waals surface area contributed by atoms with Crippen LogP contribution in [0.5, 0.6) is 0 Å². The Morgan fingerprint density at radius 1 is 0.828 bits per heavy atom.